The third kappa shape index (κ3) is 4.31. The molecule has 0 fully saturated rings. The van der Waals surface area contributed by atoms with Crippen molar-refractivity contribution in [1.82, 2.24) is 9.29 Å². The van der Waals surface area contributed by atoms with Crippen molar-refractivity contribution in [2.45, 2.75) is 18.2 Å². The molecule has 0 atom stereocenters. The number of rotatable bonds is 8. The van der Waals surface area contributed by atoms with Crippen LogP contribution in [0.15, 0.2) is 17.2 Å². The van der Waals surface area contributed by atoms with Crippen LogP contribution >= 0.6 is 11.6 Å². The lowest BCUT2D eigenvalue weighted by Gasteiger charge is -2.17. The fraction of sp³-hybridized carbons (Fsp3) is 0.583. The van der Waals surface area contributed by atoms with E-state index in [0.29, 0.717) is 17.4 Å². The molecule has 0 radical (unpaired) electrons. The Morgan fingerprint density at radius 2 is 2.20 bits per heavy atom. The zero-order valence-electron chi connectivity index (χ0n) is 11.9. The minimum Gasteiger partial charge on any atom is -0.383 e. The lowest BCUT2D eigenvalue weighted by Crippen LogP contribution is -2.30. The summed E-state index contributed by atoms with van der Waals surface area (Å²) in [5.74, 6) is 0.493. The van der Waals surface area contributed by atoms with E-state index in [9.17, 15) is 8.42 Å². The second-order valence-corrected chi connectivity index (χ2v) is 6.70. The van der Waals surface area contributed by atoms with Gasteiger partial charge in [0.05, 0.1) is 11.6 Å². The average Bonchev–Trinajstić information content (AvgIpc) is 2.43. The van der Waals surface area contributed by atoms with E-state index in [2.05, 4.69) is 10.3 Å². The summed E-state index contributed by atoms with van der Waals surface area (Å²) >= 11 is 6.05. The molecule has 0 unspecified atom stereocenters. The lowest BCUT2D eigenvalue weighted by atomic mass is 10.4. The van der Waals surface area contributed by atoms with Crippen molar-refractivity contribution >= 4 is 27.4 Å². The van der Waals surface area contributed by atoms with E-state index in [1.807, 2.05) is 6.92 Å². The fourth-order valence-electron chi connectivity index (χ4n) is 1.45. The van der Waals surface area contributed by atoms with Crippen LogP contribution in [0.5, 0.6) is 0 Å². The molecule has 0 bridgehead atoms. The zero-order valence-corrected chi connectivity index (χ0v) is 13.5. The normalized spacial score (nSPS) is 11.8. The van der Waals surface area contributed by atoms with Gasteiger partial charge in [-0.25, -0.2) is 13.4 Å². The highest BCUT2D eigenvalue weighted by atomic mass is 35.5. The van der Waals surface area contributed by atoms with Gasteiger partial charge in [0, 0.05) is 33.4 Å². The average molecular weight is 322 g/mol. The Labute approximate surface area is 125 Å². The molecule has 1 rings (SSSR count). The first-order valence-corrected chi connectivity index (χ1v) is 8.10. The van der Waals surface area contributed by atoms with Crippen molar-refractivity contribution in [2.75, 3.05) is 39.2 Å². The monoisotopic (exact) mass is 321 g/mol. The number of ether oxygens (including phenoxy) is 1. The van der Waals surface area contributed by atoms with Crippen LogP contribution in [-0.2, 0) is 14.8 Å². The number of pyridine rings is 1. The van der Waals surface area contributed by atoms with Crippen LogP contribution in [-0.4, -0.2) is 51.6 Å². The van der Waals surface area contributed by atoms with Gasteiger partial charge in [-0.1, -0.05) is 18.5 Å². The second kappa shape index (κ2) is 7.78. The number of methoxy groups -OCH3 is 1. The van der Waals surface area contributed by atoms with E-state index in [1.54, 1.807) is 0 Å². The molecule has 0 spiro atoms. The van der Waals surface area contributed by atoms with Crippen molar-refractivity contribution in [2.24, 2.45) is 0 Å². The number of nitrogens with one attached hydrogen (secondary N) is 1. The minimum atomic E-state index is -3.59. The number of nitrogens with zero attached hydrogens (tertiary/aromatic N) is 2. The standard InChI is InChI=1S/C12H20ClN3O3S/c1-4-5-14-12-11(13)8-10(9-15-12)20(17,18)16(2)6-7-19-3/h8-9H,4-7H2,1-3H3,(H,14,15). The summed E-state index contributed by atoms with van der Waals surface area (Å²) in [6.07, 6.45) is 2.24. The number of anilines is 1. The number of hydrogen-bond donors (Lipinski definition) is 1. The first-order chi connectivity index (χ1) is 9.43. The molecule has 1 heterocycles. The van der Waals surface area contributed by atoms with Crippen molar-refractivity contribution in [1.29, 1.82) is 0 Å². The molecule has 1 aromatic rings. The summed E-state index contributed by atoms with van der Waals surface area (Å²) in [5.41, 5.74) is 0. The molecule has 8 heteroatoms. The highest BCUT2D eigenvalue weighted by Gasteiger charge is 2.22. The molecule has 20 heavy (non-hydrogen) atoms. The smallest absolute Gasteiger partial charge is 0.244 e. The molecule has 0 saturated carbocycles. The Kier molecular flexibility index (Phi) is 6.67. The van der Waals surface area contributed by atoms with Crippen molar-refractivity contribution in [3.8, 4) is 0 Å². The Bertz CT molecular complexity index is 537. The van der Waals surface area contributed by atoms with Crippen molar-refractivity contribution in [3.05, 3.63) is 17.3 Å². The Hall–Kier alpha value is -0.890. The van der Waals surface area contributed by atoms with Gasteiger partial charge in [0.25, 0.3) is 0 Å². The van der Waals surface area contributed by atoms with Gasteiger partial charge in [-0.2, -0.15) is 4.31 Å². The molecule has 6 nitrogen and oxygen atoms in total. The molecule has 1 aromatic heterocycles. The van der Waals surface area contributed by atoms with Gasteiger partial charge < -0.3 is 10.1 Å². The molecule has 0 amide bonds. The maximum Gasteiger partial charge on any atom is 0.244 e. The summed E-state index contributed by atoms with van der Waals surface area (Å²) in [6.45, 7) is 3.34. The quantitative estimate of drug-likeness (QED) is 0.791. The molecule has 0 aliphatic heterocycles. The number of likely N-dealkylation sites (N-methyl/N-ethyl adjacent to an activating group) is 1. The van der Waals surface area contributed by atoms with E-state index in [1.165, 1.54) is 30.7 Å². The van der Waals surface area contributed by atoms with Crippen molar-refractivity contribution < 1.29 is 13.2 Å². The molecular formula is C12H20ClN3O3S. The third-order valence-corrected chi connectivity index (χ3v) is 4.79. The van der Waals surface area contributed by atoms with E-state index in [0.717, 1.165) is 13.0 Å². The Balaban J connectivity index is 2.93. The molecule has 0 saturated heterocycles. The number of aromatic nitrogens is 1. The molecule has 0 aliphatic rings. The van der Waals surface area contributed by atoms with Crippen LogP contribution in [0.25, 0.3) is 0 Å². The van der Waals surface area contributed by atoms with E-state index in [-0.39, 0.29) is 11.4 Å². The number of sulfonamides is 1. The molecular weight excluding hydrogens is 302 g/mol. The van der Waals surface area contributed by atoms with E-state index < -0.39 is 10.0 Å². The van der Waals surface area contributed by atoms with Crippen LogP contribution in [0.4, 0.5) is 5.82 Å². The summed E-state index contributed by atoms with van der Waals surface area (Å²) < 4.78 is 30.6. The van der Waals surface area contributed by atoms with Crippen molar-refractivity contribution in [3.63, 3.8) is 0 Å². The largest absolute Gasteiger partial charge is 0.383 e. The lowest BCUT2D eigenvalue weighted by molar-refractivity contribution is 0.185. The van der Waals surface area contributed by atoms with Crippen LogP contribution in [0.3, 0.4) is 0 Å². The van der Waals surface area contributed by atoms with Crippen LogP contribution in [0.1, 0.15) is 13.3 Å². The predicted octanol–water partition coefficient (Wildman–Crippen LogP) is 1.82. The van der Waals surface area contributed by atoms with Crippen LogP contribution < -0.4 is 5.32 Å². The maximum absolute atomic E-state index is 12.3. The van der Waals surface area contributed by atoms with E-state index in [4.69, 9.17) is 16.3 Å². The summed E-state index contributed by atoms with van der Waals surface area (Å²) in [4.78, 5) is 4.14. The Morgan fingerprint density at radius 1 is 1.50 bits per heavy atom. The topological polar surface area (TPSA) is 71.5 Å². The highest BCUT2D eigenvalue weighted by molar-refractivity contribution is 7.89. The molecule has 1 N–H and O–H groups in total. The summed E-state index contributed by atoms with van der Waals surface area (Å²) in [6, 6.07) is 1.41. The van der Waals surface area contributed by atoms with Gasteiger partial charge in [0.2, 0.25) is 10.0 Å². The molecule has 0 aliphatic carbocycles. The van der Waals surface area contributed by atoms with Gasteiger partial charge in [-0.3, -0.25) is 0 Å². The third-order valence-electron chi connectivity index (χ3n) is 2.68. The van der Waals surface area contributed by atoms with Gasteiger partial charge in [0.1, 0.15) is 10.7 Å². The summed E-state index contributed by atoms with van der Waals surface area (Å²) in [7, 11) is -0.580. The summed E-state index contributed by atoms with van der Waals surface area (Å²) in [5, 5.41) is 3.32. The van der Waals surface area contributed by atoms with Gasteiger partial charge >= 0.3 is 0 Å². The van der Waals surface area contributed by atoms with Crippen LogP contribution in [0.2, 0.25) is 5.02 Å². The maximum atomic E-state index is 12.3. The first-order valence-electron chi connectivity index (χ1n) is 6.28. The fourth-order valence-corrected chi connectivity index (χ4v) is 2.88. The molecule has 0 aromatic carbocycles. The predicted molar refractivity (Wildman–Crippen MR) is 79.7 cm³/mol. The number of hydrogen-bond acceptors (Lipinski definition) is 5. The SMILES string of the molecule is CCCNc1ncc(S(=O)(=O)N(C)CCOC)cc1Cl. The minimum absolute atomic E-state index is 0.0724. The first kappa shape index (κ1) is 17.2. The van der Waals surface area contributed by atoms with Gasteiger partial charge in [-0.05, 0) is 12.5 Å². The number of halogens is 1. The molecule has 114 valence electrons. The van der Waals surface area contributed by atoms with Gasteiger partial charge in [-0.15, -0.1) is 0 Å². The Morgan fingerprint density at radius 3 is 2.75 bits per heavy atom. The highest BCUT2D eigenvalue weighted by Crippen LogP contribution is 2.24. The van der Waals surface area contributed by atoms with E-state index >= 15 is 0 Å². The second-order valence-electron chi connectivity index (χ2n) is 4.25. The van der Waals surface area contributed by atoms with Gasteiger partial charge in [0.15, 0.2) is 0 Å². The van der Waals surface area contributed by atoms with Crippen LogP contribution in [0, 0.1) is 0 Å². The zero-order chi connectivity index (χ0) is 15.2.